The van der Waals surface area contributed by atoms with Gasteiger partial charge in [-0.15, -0.1) is 6.58 Å². The second-order valence-corrected chi connectivity index (χ2v) is 3.60. The molecule has 2 rings (SSSR count). The van der Waals surface area contributed by atoms with Crippen LogP contribution < -0.4 is 9.64 Å². The highest BCUT2D eigenvalue weighted by atomic mass is 16.5. The van der Waals surface area contributed by atoms with Gasteiger partial charge in [0.25, 0.3) is 0 Å². The summed E-state index contributed by atoms with van der Waals surface area (Å²) in [6, 6.07) is 1.65. The molecule has 1 aliphatic rings. The maximum atomic E-state index is 11.7. The van der Waals surface area contributed by atoms with E-state index in [2.05, 4.69) is 16.5 Å². The standard InChI is InChI=1S/C11H13N3O2/c1-3-8-6-10(15)14(7-8)11-12-5-4-9(13-11)16-2/h3-5,8H,1,6-7H2,2H3. The van der Waals surface area contributed by atoms with Crippen LogP contribution in [0.4, 0.5) is 5.95 Å². The molecule has 2 heterocycles. The van der Waals surface area contributed by atoms with Crippen molar-refractivity contribution in [1.29, 1.82) is 0 Å². The van der Waals surface area contributed by atoms with Crippen molar-refractivity contribution in [3.8, 4) is 5.88 Å². The van der Waals surface area contributed by atoms with Crippen molar-refractivity contribution in [2.45, 2.75) is 6.42 Å². The quantitative estimate of drug-likeness (QED) is 0.712. The molecule has 1 unspecified atom stereocenters. The Morgan fingerprint density at radius 2 is 2.50 bits per heavy atom. The highest BCUT2D eigenvalue weighted by molar-refractivity contribution is 5.94. The fourth-order valence-corrected chi connectivity index (χ4v) is 1.66. The lowest BCUT2D eigenvalue weighted by atomic mass is 10.1. The Kier molecular flexibility index (Phi) is 2.85. The molecule has 0 N–H and O–H groups in total. The van der Waals surface area contributed by atoms with Crippen molar-refractivity contribution in [2.75, 3.05) is 18.6 Å². The molecule has 1 fully saturated rings. The molecule has 1 saturated heterocycles. The van der Waals surface area contributed by atoms with E-state index in [9.17, 15) is 4.79 Å². The molecule has 1 aromatic rings. The van der Waals surface area contributed by atoms with Crippen LogP contribution in [0.3, 0.4) is 0 Å². The van der Waals surface area contributed by atoms with Gasteiger partial charge >= 0.3 is 0 Å². The number of rotatable bonds is 3. The number of anilines is 1. The molecule has 0 bridgehead atoms. The highest BCUT2D eigenvalue weighted by Crippen LogP contribution is 2.23. The molecule has 0 spiro atoms. The number of ether oxygens (including phenoxy) is 1. The summed E-state index contributed by atoms with van der Waals surface area (Å²) in [6.07, 6.45) is 3.85. The third kappa shape index (κ3) is 1.88. The number of nitrogens with zero attached hydrogens (tertiary/aromatic N) is 3. The van der Waals surface area contributed by atoms with E-state index in [0.717, 1.165) is 0 Å². The predicted octanol–water partition coefficient (Wildman–Crippen LogP) is 1.02. The first-order valence-electron chi connectivity index (χ1n) is 5.04. The van der Waals surface area contributed by atoms with Gasteiger partial charge in [-0.3, -0.25) is 9.69 Å². The smallest absolute Gasteiger partial charge is 0.235 e. The first-order chi connectivity index (χ1) is 7.74. The monoisotopic (exact) mass is 219 g/mol. The topological polar surface area (TPSA) is 55.3 Å². The lowest BCUT2D eigenvalue weighted by Gasteiger charge is -2.13. The Balaban J connectivity index is 2.23. The molecule has 5 nitrogen and oxygen atoms in total. The van der Waals surface area contributed by atoms with Gasteiger partial charge in [0.05, 0.1) is 7.11 Å². The molecule has 5 heteroatoms. The zero-order valence-corrected chi connectivity index (χ0v) is 9.09. The maximum absolute atomic E-state index is 11.7. The van der Waals surface area contributed by atoms with E-state index < -0.39 is 0 Å². The van der Waals surface area contributed by atoms with Crippen molar-refractivity contribution >= 4 is 11.9 Å². The number of methoxy groups -OCH3 is 1. The van der Waals surface area contributed by atoms with Gasteiger partial charge in [0.15, 0.2) is 0 Å². The largest absolute Gasteiger partial charge is 0.481 e. The van der Waals surface area contributed by atoms with Gasteiger partial charge in [-0.1, -0.05) is 6.08 Å². The molecule has 16 heavy (non-hydrogen) atoms. The van der Waals surface area contributed by atoms with Gasteiger partial charge in [0.1, 0.15) is 0 Å². The van der Waals surface area contributed by atoms with E-state index in [4.69, 9.17) is 4.74 Å². The molecule has 1 aromatic heterocycles. The van der Waals surface area contributed by atoms with Crippen LogP contribution in [0.25, 0.3) is 0 Å². The average molecular weight is 219 g/mol. The molecule has 0 saturated carbocycles. The Labute approximate surface area is 93.8 Å². The van der Waals surface area contributed by atoms with Crippen LogP contribution >= 0.6 is 0 Å². The fraction of sp³-hybridized carbons (Fsp3) is 0.364. The molecule has 1 atom stereocenters. The zero-order valence-electron chi connectivity index (χ0n) is 9.09. The second-order valence-electron chi connectivity index (χ2n) is 3.60. The predicted molar refractivity (Wildman–Crippen MR) is 59.2 cm³/mol. The Bertz CT molecular complexity index is 419. The number of hydrogen-bond acceptors (Lipinski definition) is 4. The van der Waals surface area contributed by atoms with Crippen molar-refractivity contribution in [3.05, 3.63) is 24.9 Å². The molecular weight excluding hydrogens is 206 g/mol. The number of amides is 1. The summed E-state index contributed by atoms with van der Waals surface area (Å²) < 4.78 is 4.99. The van der Waals surface area contributed by atoms with Crippen molar-refractivity contribution < 1.29 is 9.53 Å². The normalized spacial score (nSPS) is 19.9. The number of carbonyl (C=O) groups excluding carboxylic acids is 1. The summed E-state index contributed by atoms with van der Waals surface area (Å²) >= 11 is 0. The summed E-state index contributed by atoms with van der Waals surface area (Å²) in [5, 5.41) is 0. The molecule has 0 aromatic carbocycles. The van der Waals surface area contributed by atoms with E-state index in [-0.39, 0.29) is 11.8 Å². The zero-order chi connectivity index (χ0) is 11.5. The van der Waals surface area contributed by atoms with E-state index >= 15 is 0 Å². The molecular formula is C11H13N3O2. The minimum absolute atomic E-state index is 0.0261. The van der Waals surface area contributed by atoms with Crippen LogP contribution in [0.2, 0.25) is 0 Å². The Hall–Kier alpha value is -1.91. The summed E-state index contributed by atoms with van der Waals surface area (Å²) in [4.78, 5) is 21.5. The van der Waals surface area contributed by atoms with Gasteiger partial charge < -0.3 is 4.74 Å². The lowest BCUT2D eigenvalue weighted by molar-refractivity contribution is -0.117. The molecule has 1 aliphatic heterocycles. The van der Waals surface area contributed by atoms with Crippen LogP contribution in [0.5, 0.6) is 5.88 Å². The number of carbonyl (C=O) groups is 1. The van der Waals surface area contributed by atoms with Gasteiger partial charge in [-0.2, -0.15) is 4.98 Å². The summed E-state index contributed by atoms with van der Waals surface area (Å²) in [5.41, 5.74) is 0. The third-order valence-corrected chi connectivity index (χ3v) is 2.56. The minimum atomic E-state index is 0.0261. The average Bonchev–Trinajstić information content (AvgIpc) is 2.71. The second kappa shape index (κ2) is 4.30. The summed E-state index contributed by atoms with van der Waals surface area (Å²) in [5.74, 6) is 1.06. The van der Waals surface area contributed by atoms with Crippen LogP contribution in [0.15, 0.2) is 24.9 Å². The van der Waals surface area contributed by atoms with Gasteiger partial charge in [-0.05, 0) is 0 Å². The molecule has 0 aliphatic carbocycles. The molecule has 0 radical (unpaired) electrons. The fourth-order valence-electron chi connectivity index (χ4n) is 1.66. The summed E-state index contributed by atoms with van der Waals surface area (Å²) in [6.45, 7) is 4.29. The van der Waals surface area contributed by atoms with E-state index in [1.54, 1.807) is 23.2 Å². The third-order valence-electron chi connectivity index (χ3n) is 2.56. The first kappa shape index (κ1) is 10.6. The molecule has 84 valence electrons. The van der Waals surface area contributed by atoms with Crippen LogP contribution in [0.1, 0.15) is 6.42 Å². The minimum Gasteiger partial charge on any atom is -0.481 e. The van der Waals surface area contributed by atoms with E-state index in [0.29, 0.717) is 24.8 Å². The SMILES string of the molecule is C=CC1CC(=O)N(c2nccc(OC)n2)C1. The van der Waals surface area contributed by atoms with E-state index in [1.165, 1.54) is 7.11 Å². The van der Waals surface area contributed by atoms with Crippen molar-refractivity contribution in [3.63, 3.8) is 0 Å². The highest BCUT2D eigenvalue weighted by Gasteiger charge is 2.30. The molecule has 1 amide bonds. The van der Waals surface area contributed by atoms with Gasteiger partial charge in [0, 0.05) is 31.1 Å². The Morgan fingerprint density at radius 3 is 3.12 bits per heavy atom. The number of aromatic nitrogens is 2. The maximum Gasteiger partial charge on any atom is 0.235 e. The van der Waals surface area contributed by atoms with Crippen molar-refractivity contribution in [1.82, 2.24) is 9.97 Å². The van der Waals surface area contributed by atoms with E-state index in [1.807, 2.05) is 0 Å². The number of hydrogen-bond donors (Lipinski definition) is 0. The van der Waals surface area contributed by atoms with Crippen LogP contribution in [-0.2, 0) is 4.79 Å². The first-order valence-corrected chi connectivity index (χ1v) is 5.04. The summed E-state index contributed by atoms with van der Waals surface area (Å²) in [7, 11) is 1.53. The van der Waals surface area contributed by atoms with Crippen molar-refractivity contribution in [2.24, 2.45) is 5.92 Å². The van der Waals surface area contributed by atoms with Gasteiger partial charge in [0.2, 0.25) is 17.7 Å². The van der Waals surface area contributed by atoms with Gasteiger partial charge in [-0.25, -0.2) is 4.98 Å². The van der Waals surface area contributed by atoms with Crippen LogP contribution in [0, 0.1) is 5.92 Å². The Morgan fingerprint density at radius 1 is 1.69 bits per heavy atom. The lowest BCUT2D eigenvalue weighted by Crippen LogP contribution is -2.26. The van der Waals surface area contributed by atoms with Crippen LogP contribution in [-0.4, -0.2) is 29.5 Å².